The second-order valence-corrected chi connectivity index (χ2v) is 6.92. The van der Waals surface area contributed by atoms with E-state index in [1.165, 1.54) is 17.0 Å². The Morgan fingerprint density at radius 2 is 2.19 bits per heavy atom. The summed E-state index contributed by atoms with van der Waals surface area (Å²) in [6.45, 7) is 1.84. The van der Waals surface area contributed by atoms with Gasteiger partial charge in [-0.25, -0.2) is 9.97 Å². The van der Waals surface area contributed by atoms with Crippen LogP contribution >= 0.6 is 11.3 Å². The number of nitrogens with zero attached hydrogens (tertiary/aromatic N) is 4. The number of aromatic nitrogens is 4. The number of carbonyl (C=O) groups excluding carboxylic acids is 1. The van der Waals surface area contributed by atoms with Crippen molar-refractivity contribution in [3.05, 3.63) is 70.5 Å². The van der Waals surface area contributed by atoms with Crippen molar-refractivity contribution in [3.63, 3.8) is 0 Å². The first-order valence-electron chi connectivity index (χ1n) is 8.50. The summed E-state index contributed by atoms with van der Waals surface area (Å²) in [6.07, 6.45) is 6.00. The molecule has 0 atom stereocenters. The SMILES string of the molecule is CCc1cc(=O)n(CC(=O)Nc2cccc(-c3cn4ccsc4n3)c2)cn1. The third-order valence-corrected chi connectivity index (χ3v) is 4.92. The molecule has 0 aliphatic carbocycles. The lowest BCUT2D eigenvalue weighted by Gasteiger charge is -2.08. The highest BCUT2D eigenvalue weighted by molar-refractivity contribution is 7.15. The van der Waals surface area contributed by atoms with Crippen LogP contribution in [0.1, 0.15) is 12.6 Å². The largest absolute Gasteiger partial charge is 0.325 e. The Balaban J connectivity index is 1.50. The van der Waals surface area contributed by atoms with Gasteiger partial charge in [0.25, 0.3) is 5.56 Å². The maximum absolute atomic E-state index is 12.3. The quantitative estimate of drug-likeness (QED) is 0.578. The summed E-state index contributed by atoms with van der Waals surface area (Å²) in [5.41, 5.74) is 2.89. The van der Waals surface area contributed by atoms with E-state index in [1.54, 1.807) is 17.4 Å². The zero-order valence-electron chi connectivity index (χ0n) is 14.6. The van der Waals surface area contributed by atoms with E-state index in [4.69, 9.17) is 0 Å². The number of benzene rings is 1. The lowest BCUT2D eigenvalue weighted by Crippen LogP contribution is -2.27. The van der Waals surface area contributed by atoms with Crippen LogP contribution in [0.4, 0.5) is 5.69 Å². The predicted octanol–water partition coefficient (Wildman–Crippen LogP) is 2.82. The van der Waals surface area contributed by atoms with Crippen LogP contribution in [0.3, 0.4) is 0 Å². The van der Waals surface area contributed by atoms with Gasteiger partial charge in [0.2, 0.25) is 5.91 Å². The molecule has 0 radical (unpaired) electrons. The summed E-state index contributed by atoms with van der Waals surface area (Å²) in [5, 5.41) is 4.80. The summed E-state index contributed by atoms with van der Waals surface area (Å²) in [6, 6.07) is 8.94. The van der Waals surface area contributed by atoms with Crippen molar-refractivity contribution in [1.82, 2.24) is 18.9 Å². The fourth-order valence-corrected chi connectivity index (χ4v) is 3.45. The summed E-state index contributed by atoms with van der Waals surface area (Å²) in [7, 11) is 0. The number of fused-ring (bicyclic) bond motifs is 1. The number of anilines is 1. The summed E-state index contributed by atoms with van der Waals surface area (Å²) in [5.74, 6) is -0.286. The third-order valence-electron chi connectivity index (χ3n) is 4.15. The molecule has 0 saturated carbocycles. The molecule has 27 heavy (non-hydrogen) atoms. The topological polar surface area (TPSA) is 81.3 Å². The molecule has 0 spiro atoms. The number of aryl methyl sites for hydroxylation is 1. The van der Waals surface area contributed by atoms with E-state index in [0.29, 0.717) is 17.8 Å². The van der Waals surface area contributed by atoms with Gasteiger partial charge in [-0.3, -0.25) is 18.6 Å². The zero-order valence-corrected chi connectivity index (χ0v) is 15.4. The Morgan fingerprint density at radius 3 is 2.96 bits per heavy atom. The minimum absolute atomic E-state index is 0.0831. The molecule has 136 valence electrons. The van der Waals surface area contributed by atoms with Gasteiger partial charge in [-0.1, -0.05) is 19.1 Å². The van der Waals surface area contributed by atoms with Gasteiger partial charge in [0.05, 0.1) is 12.0 Å². The van der Waals surface area contributed by atoms with Crippen LogP contribution < -0.4 is 10.9 Å². The molecule has 4 rings (SSSR count). The van der Waals surface area contributed by atoms with Crippen LogP contribution in [0.25, 0.3) is 16.2 Å². The summed E-state index contributed by atoms with van der Waals surface area (Å²) in [4.78, 5) is 34.0. The standard InChI is InChI=1S/C19H17N5O2S/c1-2-14-9-18(26)24(12-20-14)11-17(25)21-15-5-3-4-13(8-15)16-10-23-6-7-27-19(23)22-16/h3-10,12H,2,11H2,1H3,(H,21,25). The fraction of sp³-hybridized carbons (Fsp3) is 0.158. The average molecular weight is 379 g/mol. The van der Waals surface area contributed by atoms with Crippen molar-refractivity contribution >= 4 is 27.9 Å². The number of rotatable bonds is 5. The lowest BCUT2D eigenvalue weighted by atomic mass is 10.1. The number of thiazole rings is 1. The van der Waals surface area contributed by atoms with E-state index in [1.807, 2.05) is 47.3 Å². The number of hydrogen-bond donors (Lipinski definition) is 1. The van der Waals surface area contributed by atoms with Gasteiger partial charge in [-0.15, -0.1) is 11.3 Å². The normalized spacial score (nSPS) is 11.0. The van der Waals surface area contributed by atoms with E-state index in [-0.39, 0.29) is 18.0 Å². The highest BCUT2D eigenvalue weighted by Crippen LogP contribution is 2.24. The van der Waals surface area contributed by atoms with Crippen LogP contribution in [0.15, 0.2) is 59.2 Å². The zero-order chi connectivity index (χ0) is 18.8. The second-order valence-electron chi connectivity index (χ2n) is 6.05. The molecule has 3 heterocycles. The van der Waals surface area contributed by atoms with Crippen LogP contribution in [0.5, 0.6) is 0 Å². The van der Waals surface area contributed by atoms with Crippen LogP contribution in [0, 0.1) is 0 Å². The highest BCUT2D eigenvalue weighted by Gasteiger charge is 2.09. The number of hydrogen-bond acceptors (Lipinski definition) is 5. The minimum Gasteiger partial charge on any atom is -0.325 e. The number of nitrogens with one attached hydrogen (secondary N) is 1. The smallest absolute Gasteiger partial charge is 0.253 e. The van der Waals surface area contributed by atoms with Crippen molar-refractivity contribution in [3.8, 4) is 11.3 Å². The van der Waals surface area contributed by atoms with Gasteiger partial charge in [-0.2, -0.15) is 0 Å². The fourth-order valence-electron chi connectivity index (χ4n) is 2.75. The molecular weight excluding hydrogens is 362 g/mol. The summed E-state index contributed by atoms with van der Waals surface area (Å²) >= 11 is 1.57. The Hall–Kier alpha value is -3.26. The van der Waals surface area contributed by atoms with Gasteiger partial charge < -0.3 is 5.32 Å². The molecule has 0 unspecified atom stereocenters. The molecule has 0 bridgehead atoms. The number of amides is 1. The van der Waals surface area contributed by atoms with Crippen LogP contribution in [-0.2, 0) is 17.8 Å². The Labute approximate surface area is 159 Å². The van der Waals surface area contributed by atoms with Crippen molar-refractivity contribution in [2.45, 2.75) is 19.9 Å². The second kappa shape index (κ2) is 7.16. The maximum atomic E-state index is 12.3. The first kappa shape index (κ1) is 17.2. The van der Waals surface area contributed by atoms with Crippen molar-refractivity contribution in [2.24, 2.45) is 0 Å². The van der Waals surface area contributed by atoms with Gasteiger partial charge >= 0.3 is 0 Å². The van der Waals surface area contributed by atoms with Crippen LogP contribution in [0.2, 0.25) is 0 Å². The average Bonchev–Trinajstić information content (AvgIpc) is 3.25. The van der Waals surface area contributed by atoms with E-state index in [0.717, 1.165) is 16.2 Å². The van der Waals surface area contributed by atoms with Gasteiger partial charge in [0, 0.05) is 40.8 Å². The first-order chi connectivity index (χ1) is 13.1. The molecule has 1 aromatic carbocycles. The molecule has 3 aromatic heterocycles. The van der Waals surface area contributed by atoms with Crippen LogP contribution in [-0.4, -0.2) is 24.8 Å². The molecule has 0 aliphatic heterocycles. The maximum Gasteiger partial charge on any atom is 0.253 e. The van der Waals surface area contributed by atoms with E-state index >= 15 is 0 Å². The third kappa shape index (κ3) is 3.65. The predicted molar refractivity (Wildman–Crippen MR) is 105 cm³/mol. The molecule has 0 saturated heterocycles. The van der Waals surface area contributed by atoms with Gasteiger partial charge in [0.1, 0.15) is 6.54 Å². The Bertz CT molecular complexity index is 1150. The van der Waals surface area contributed by atoms with Gasteiger partial charge in [0.15, 0.2) is 4.96 Å². The Morgan fingerprint density at radius 1 is 1.30 bits per heavy atom. The van der Waals surface area contributed by atoms with Gasteiger partial charge in [-0.05, 0) is 18.6 Å². The molecule has 1 N–H and O–H groups in total. The number of carbonyl (C=O) groups is 1. The molecule has 4 aromatic rings. The monoisotopic (exact) mass is 379 g/mol. The van der Waals surface area contributed by atoms with Crippen molar-refractivity contribution < 1.29 is 4.79 Å². The molecule has 0 fully saturated rings. The van der Waals surface area contributed by atoms with E-state index in [9.17, 15) is 9.59 Å². The van der Waals surface area contributed by atoms with E-state index < -0.39 is 0 Å². The van der Waals surface area contributed by atoms with Crippen molar-refractivity contribution in [2.75, 3.05) is 5.32 Å². The molecule has 0 aliphatic rings. The lowest BCUT2D eigenvalue weighted by molar-refractivity contribution is -0.116. The molecule has 1 amide bonds. The molecule has 8 heteroatoms. The highest BCUT2D eigenvalue weighted by atomic mass is 32.1. The molecular formula is C19H17N5O2S. The number of imidazole rings is 1. The minimum atomic E-state index is -0.286. The van der Waals surface area contributed by atoms with E-state index in [2.05, 4.69) is 15.3 Å². The Kier molecular flexibility index (Phi) is 4.55. The summed E-state index contributed by atoms with van der Waals surface area (Å²) < 4.78 is 3.26. The first-order valence-corrected chi connectivity index (χ1v) is 9.38. The molecule has 7 nitrogen and oxygen atoms in total. The van der Waals surface area contributed by atoms with Crippen molar-refractivity contribution in [1.29, 1.82) is 0 Å².